The maximum atomic E-state index is 12.4. The standard InChI is InChI=1S/C19H23NO4/c1-13(15-9-5-6-10-16(15)22-3)20-19(21)14(2)24-18-12-8-7-11-17(18)23-4/h5-14H,1-4H3,(H,20,21). The minimum absolute atomic E-state index is 0.197. The lowest BCUT2D eigenvalue weighted by atomic mass is 10.1. The number of carbonyl (C=O) groups excluding carboxylic acids is 1. The maximum absolute atomic E-state index is 12.4. The Morgan fingerprint density at radius 2 is 1.42 bits per heavy atom. The fraction of sp³-hybridized carbons (Fsp3) is 0.316. The summed E-state index contributed by atoms with van der Waals surface area (Å²) in [6, 6.07) is 14.6. The zero-order valence-corrected chi connectivity index (χ0v) is 14.4. The predicted octanol–water partition coefficient (Wildman–Crippen LogP) is 3.35. The highest BCUT2D eigenvalue weighted by Gasteiger charge is 2.20. The summed E-state index contributed by atoms with van der Waals surface area (Å²) in [6.45, 7) is 3.61. The van der Waals surface area contributed by atoms with Crippen molar-refractivity contribution in [2.45, 2.75) is 26.0 Å². The highest BCUT2D eigenvalue weighted by atomic mass is 16.5. The number of rotatable bonds is 7. The smallest absolute Gasteiger partial charge is 0.261 e. The zero-order valence-electron chi connectivity index (χ0n) is 14.4. The number of hydrogen-bond donors (Lipinski definition) is 1. The van der Waals surface area contributed by atoms with Gasteiger partial charge in [-0.3, -0.25) is 4.79 Å². The fourth-order valence-electron chi connectivity index (χ4n) is 2.39. The Labute approximate surface area is 142 Å². The summed E-state index contributed by atoms with van der Waals surface area (Å²) >= 11 is 0. The van der Waals surface area contributed by atoms with Crippen molar-refractivity contribution in [3.63, 3.8) is 0 Å². The minimum atomic E-state index is -0.654. The van der Waals surface area contributed by atoms with Gasteiger partial charge in [0.25, 0.3) is 5.91 Å². The van der Waals surface area contributed by atoms with Crippen LogP contribution in [0.4, 0.5) is 0 Å². The van der Waals surface area contributed by atoms with Crippen LogP contribution in [0, 0.1) is 0 Å². The Morgan fingerprint density at radius 1 is 0.875 bits per heavy atom. The number of carbonyl (C=O) groups is 1. The van der Waals surface area contributed by atoms with Crippen LogP contribution < -0.4 is 19.5 Å². The Morgan fingerprint density at radius 3 is 2.04 bits per heavy atom. The van der Waals surface area contributed by atoms with E-state index in [4.69, 9.17) is 14.2 Å². The maximum Gasteiger partial charge on any atom is 0.261 e. The molecule has 2 unspecified atom stereocenters. The van der Waals surface area contributed by atoms with Crippen molar-refractivity contribution in [2.75, 3.05) is 14.2 Å². The molecule has 0 saturated heterocycles. The van der Waals surface area contributed by atoms with Gasteiger partial charge in [0.2, 0.25) is 0 Å². The van der Waals surface area contributed by atoms with Crippen LogP contribution in [0.15, 0.2) is 48.5 Å². The molecule has 1 amide bonds. The van der Waals surface area contributed by atoms with Gasteiger partial charge < -0.3 is 19.5 Å². The quantitative estimate of drug-likeness (QED) is 0.846. The van der Waals surface area contributed by atoms with Crippen molar-refractivity contribution in [1.29, 1.82) is 0 Å². The summed E-state index contributed by atoms with van der Waals surface area (Å²) in [6.07, 6.45) is -0.654. The second kappa shape index (κ2) is 8.24. The lowest BCUT2D eigenvalue weighted by molar-refractivity contribution is -0.127. The molecule has 24 heavy (non-hydrogen) atoms. The average Bonchev–Trinajstić information content (AvgIpc) is 2.61. The fourth-order valence-corrected chi connectivity index (χ4v) is 2.39. The van der Waals surface area contributed by atoms with Crippen LogP contribution in [0.25, 0.3) is 0 Å². The van der Waals surface area contributed by atoms with Crippen LogP contribution in [0.2, 0.25) is 0 Å². The molecule has 0 spiro atoms. The molecule has 0 aliphatic rings. The van der Waals surface area contributed by atoms with E-state index in [1.54, 1.807) is 33.3 Å². The van der Waals surface area contributed by atoms with E-state index in [-0.39, 0.29) is 11.9 Å². The first-order valence-electron chi connectivity index (χ1n) is 7.79. The number of benzene rings is 2. The summed E-state index contributed by atoms with van der Waals surface area (Å²) in [4.78, 5) is 12.4. The van der Waals surface area contributed by atoms with Gasteiger partial charge in [-0.25, -0.2) is 0 Å². The third-order valence-electron chi connectivity index (χ3n) is 3.71. The van der Waals surface area contributed by atoms with Crippen LogP contribution in [-0.4, -0.2) is 26.2 Å². The number of para-hydroxylation sites is 3. The van der Waals surface area contributed by atoms with Gasteiger partial charge in [-0.15, -0.1) is 0 Å². The Kier molecular flexibility index (Phi) is 6.07. The molecule has 0 saturated carbocycles. The normalized spacial score (nSPS) is 12.8. The second-order valence-electron chi connectivity index (χ2n) is 5.38. The highest BCUT2D eigenvalue weighted by Crippen LogP contribution is 2.27. The molecule has 5 nitrogen and oxygen atoms in total. The molecule has 0 heterocycles. The lowest BCUT2D eigenvalue weighted by Gasteiger charge is -2.21. The highest BCUT2D eigenvalue weighted by molar-refractivity contribution is 5.81. The van der Waals surface area contributed by atoms with E-state index in [0.29, 0.717) is 11.5 Å². The number of ether oxygens (including phenoxy) is 3. The van der Waals surface area contributed by atoms with Crippen LogP contribution in [-0.2, 0) is 4.79 Å². The van der Waals surface area contributed by atoms with Crippen molar-refractivity contribution in [2.24, 2.45) is 0 Å². The summed E-state index contributed by atoms with van der Waals surface area (Å²) in [5, 5.41) is 2.94. The molecule has 5 heteroatoms. The Balaban J connectivity index is 2.03. The van der Waals surface area contributed by atoms with Crippen molar-refractivity contribution in [3.05, 3.63) is 54.1 Å². The molecule has 0 aromatic heterocycles. The van der Waals surface area contributed by atoms with Crippen molar-refractivity contribution in [1.82, 2.24) is 5.32 Å². The molecule has 2 aromatic carbocycles. The molecule has 2 aromatic rings. The molecule has 128 valence electrons. The lowest BCUT2D eigenvalue weighted by Crippen LogP contribution is -2.37. The first-order valence-corrected chi connectivity index (χ1v) is 7.79. The van der Waals surface area contributed by atoms with Gasteiger partial charge in [0.15, 0.2) is 17.6 Å². The van der Waals surface area contributed by atoms with Gasteiger partial charge in [0.1, 0.15) is 5.75 Å². The summed E-state index contributed by atoms with van der Waals surface area (Å²) in [5.41, 5.74) is 0.915. The van der Waals surface area contributed by atoms with E-state index in [9.17, 15) is 4.79 Å². The zero-order chi connectivity index (χ0) is 17.5. The molecule has 2 rings (SSSR count). The molecule has 2 atom stereocenters. The van der Waals surface area contributed by atoms with E-state index < -0.39 is 6.10 Å². The largest absolute Gasteiger partial charge is 0.496 e. The van der Waals surface area contributed by atoms with Crippen molar-refractivity contribution < 1.29 is 19.0 Å². The average molecular weight is 329 g/mol. The number of methoxy groups -OCH3 is 2. The SMILES string of the molecule is COc1ccccc1OC(C)C(=O)NC(C)c1ccccc1OC. The Bertz CT molecular complexity index is 687. The summed E-state index contributed by atoms with van der Waals surface area (Å²) in [5.74, 6) is 1.66. The molecule has 0 aliphatic heterocycles. The number of nitrogens with one attached hydrogen (secondary N) is 1. The van der Waals surface area contributed by atoms with Crippen LogP contribution in [0.3, 0.4) is 0 Å². The van der Waals surface area contributed by atoms with Crippen LogP contribution in [0.1, 0.15) is 25.5 Å². The van der Waals surface area contributed by atoms with Crippen molar-refractivity contribution >= 4 is 5.91 Å². The van der Waals surface area contributed by atoms with Gasteiger partial charge in [0.05, 0.1) is 20.3 Å². The first-order chi connectivity index (χ1) is 11.6. The van der Waals surface area contributed by atoms with E-state index in [1.807, 2.05) is 43.3 Å². The molecular weight excluding hydrogens is 306 g/mol. The van der Waals surface area contributed by atoms with Gasteiger partial charge in [-0.1, -0.05) is 30.3 Å². The minimum Gasteiger partial charge on any atom is -0.496 e. The number of hydrogen-bond acceptors (Lipinski definition) is 4. The molecule has 1 N–H and O–H groups in total. The van der Waals surface area contributed by atoms with Gasteiger partial charge in [0, 0.05) is 5.56 Å². The third kappa shape index (κ3) is 4.19. The first kappa shape index (κ1) is 17.7. The van der Waals surface area contributed by atoms with E-state index in [2.05, 4.69) is 5.32 Å². The topological polar surface area (TPSA) is 56.8 Å². The molecule has 0 fully saturated rings. The molecular formula is C19H23NO4. The molecule has 0 radical (unpaired) electrons. The van der Waals surface area contributed by atoms with Crippen molar-refractivity contribution in [3.8, 4) is 17.2 Å². The van der Waals surface area contributed by atoms with E-state index in [1.165, 1.54) is 0 Å². The number of amides is 1. The van der Waals surface area contributed by atoms with Crippen LogP contribution >= 0.6 is 0 Å². The summed E-state index contributed by atoms with van der Waals surface area (Å²) in [7, 11) is 3.18. The van der Waals surface area contributed by atoms with Gasteiger partial charge in [-0.05, 0) is 32.0 Å². The second-order valence-corrected chi connectivity index (χ2v) is 5.38. The predicted molar refractivity (Wildman–Crippen MR) is 92.6 cm³/mol. The van der Waals surface area contributed by atoms with Gasteiger partial charge >= 0.3 is 0 Å². The molecule has 0 bridgehead atoms. The van der Waals surface area contributed by atoms with Crippen LogP contribution in [0.5, 0.6) is 17.2 Å². The monoisotopic (exact) mass is 329 g/mol. The van der Waals surface area contributed by atoms with Gasteiger partial charge in [-0.2, -0.15) is 0 Å². The Hall–Kier alpha value is -2.69. The van der Waals surface area contributed by atoms with E-state index in [0.717, 1.165) is 11.3 Å². The van der Waals surface area contributed by atoms with E-state index >= 15 is 0 Å². The molecule has 0 aliphatic carbocycles. The summed E-state index contributed by atoms with van der Waals surface area (Å²) < 4.78 is 16.3. The third-order valence-corrected chi connectivity index (χ3v) is 3.71.